The zero-order chi connectivity index (χ0) is 24.4. The van der Waals surface area contributed by atoms with E-state index in [2.05, 4.69) is 5.32 Å². The minimum absolute atomic E-state index is 0.125. The molecule has 0 saturated carbocycles. The van der Waals surface area contributed by atoms with Gasteiger partial charge in [-0.05, 0) is 42.7 Å². The van der Waals surface area contributed by atoms with Gasteiger partial charge in [-0.15, -0.1) is 0 Å². The van der Waals surface area contributed by atoms with Gasteiger partial charge in [0.1, 0.15) is 6.10 Å². The average molecular weight is 456 g/mol. The van der Waals surface area contributed by atoms with Crippen LogP contribution in [0.3, 0.4) is 0 Å². The second-order valence-corrected chi connectivity index (χ2v) is 7.94. The van der Waals surface area contributed by atoms with Crippen LogP contribution in [0.4, 0.5) is 4.79 Å². The number of amides is 3. The molecule has 0 spiro atoms. The maximum atomic E-state index is 12.6. The lowest BCUT2D eigenvalue weighted by molar-refractivity contribution is -0.124. The molecule has 0 aromatic heterocycles. The van der Waals surface area contributed by atoms with Crippen molar-refractivity contribution in [1.82, 2.24) is 10.8 Å². The van der Waals surface area contributed by atoms with E-state index in [0.717, 1.165) is 0 Å². The summed E-state index contributed by atoms with van der Waals surface area (Å²) in [6, 6.07) is 12.9. The van der Waals surface area contributed by atoms with Gasteiger partial charge in [0.2, 0.25) is 0 Å². The molecule has 0 saturated heterocycles. The molecule has 9 nitrogen and oxygen atoms in total. The molecule has 0 aliphatic heterocycles. The quantitative estimate of drug-likeness (QED) is 0.256. The Balaban J connectivity index is 2.23. The lowest BCUT2D eigenvalue weighted by Gasteiger charge is -2.34. The number of hydroxylamine groups is 1. The first-order valence-electron chi connectivity index (χ1n) is 10.2. The Morgan fingerprint density at radius 2 is 1.82 bits per heavy atom. The van der Waals surface area contributed by atoms with Crippen LogP contribution in [-0.2, 0) is 9.53 Å². The number of ether oxygens (including phenoxy) is 2. The van der Waals surface area contributed by atoms with Crippen LogP contribution in [-0.4, -0.2) is 35.3 Å². The van der Waals surface area contributed by atoms with Crippen molar-refractivity contribution in [2.45, 2.75) is 32.8 Å². The zero-order valence-electron chi connectivity index (χ0n) is 18.7. The molecule has 0 heterocycles. The molecule has 4 N–H and O–H groups in total. The van der Waals surface area contributed by atoms with Crippen molar-refractivity contribution in [2.24, 2.45) is 5.41 Å². The number of imide groups is 1. The molecular weight excluding hydrogens is 428 g/mol. The van der Waals surface area contributed by atoms with Gasteiger partial charge in [0.15, 0.2) is 11.5 Å². The molecule has 9 heteroatoms. The predicted molar refractivity (Wildman–Crippen MR) is 120 cm³/mol. The van der Waals surface area contributed by atoms with Crippen LogP contribution in [0.1, 0.15) is 48.7 Å². The van der Waals surface area contributed by atoms with E-state index in [-0.39, 0.29) is 11.5 Å². The Kier molecular flexibility index (Phi) is 8.99. The fourth-order valence-corrected chi connectivity index (χ4v) is 3.25. The second kappa shape index (κ2) is 11.7. The van der Waals surface area contributed by atoms with Gasteiger partial charge in [0.05, 0.1) is 7.11 Å². The minimum Gasteiger partial charge on any atom is -0.504 e. The third-order valence-electron chi connectivity index (χ3n) is 5.03. The molecular formula is C24H28N2O7. The average Bonchev–Trinajstić information content (AvgIpc) is 2.80. The second-order valence-electron chi connectivity index (χ2n) is 7.94. The Bertz CT molecular complexity index is 1000. The van der Waals surface area contributed by atoms with Crippen molar-refractivity contribution in [3.63, 3.8) is 0 Å². The summed E-state index contributed by atoms with van der Waals surface area (Å²) < 4.78 is 10.7. The normalized spacial score (nSPS) is 12.1. The number of rotatable bonds is 9. The molecule has 2 aromatic carbocycles. The molecule has 2 aromatic rings. The number of hydrogen-bond acceptors (Lipinski definition) is 7. The highest BCUT2D eigenvalue weighted by Gasteiger charge is 2.34. The molecule has 176 valence electrons. The highest BCUT2D eigenvalue weighted by molar-refractivity contribution is 6.02. The van der Waals surface area contributed by atoms with E-state index in [4.69, 9.17) is 14.7 Å². The third-order valence-corrected chi connectivity index (χ3v) is 5.03. The summed E-state index contributed by atoms with van der Waals surface area (Å²) in [6.45, 7) is 3.70. The maximum absolute atomic E-state index is 12.6. The Morgan fingerprint density at radius 1 is 1.12 bits per heavy atom. The van der Waals surface area contributed by atoms with Crippen molar-refractivity contribution in [3.05, 3.63) is 71.8 Å². The van der Waals surface area contributed by atoms with Crippen molar-refractivity contribution >= 4 is 17.9 Å². The molecule has 1 atom stereocenters. The molecule has 0 unspecified atom stereocenters. The summed E-state index contributed by atoms with van der Waals surface area (Å²) in [5.41, 5.74) is 1.64. The molecule has 0 bridgehead atoms. The van der Waals surface area contributed by atoms with Gasteiger partial charge in [-0.3, -0.25) is 20.1 Å². The van der Waals surface area contributed by atoms with Crippen LogP contribution in [0.25, 0.3) is 0 Å². The van der Waals surface area contributed by atoms with E-state index in [1.54, 1.807) is 48.5 Å². The van der Waals surface area contributed by atoms with E-state index in [9.17, 15) is 19.5 Å². The number of phenols is 1. The number of aromatic hydroxyl groups is 1. The van der Waals surface area contributed by atoms with Crippen molar-refractivity contribution < 1.29 is 34.2 Å². The Morgan fingerprint density at radius 3 is 2.42 bits per heavy atom. The monoisotopic (exact) mass is 456 g/mol. The van der Waals surface area contributed by atoms with Crippen LogP contribution in [0.2, 0.25) is 0 Å². The molecule has 2 rings (SSSR count). The Labute approximate surface area is 192 Å². The number of nitrogens with one attached hydrogen (secondary N) is 2. The summed E-state index contributed by atoms with van der Waals surface area (Å²) in [5, 5.41) is 21.0. The van der Waals surface area contributed by atoms with Crippen molar-refractivity contribution in [1.29, 1.82) is 0 Å². The Hall–Kier alpha value is -3.85. The van der Waals surface area contributed by atoms with Crippen molar-refractivity contribution in [3.8, 4) is 11.5 Å². The first-order valence-corrected chi connectivity index (χ1v) is 10.2. The van der Waals surface area contributed by atoms with Gasteiger partial charge in [0.25, 0.3) is 11.8 Å². The number of phenolic OH excluding ortho intramolecular Hbond substituents is 1. The topological polar surface area (TPSA) is 134 Å². The number of benzene rings is 2. The molecule has 3 amide bonds. The first-order chi connectivity index (χ1) is 15.7. The number of methoxy groups -OCH3 is 1. The summed E-state index contributed by atoms with van der Waals surface area (Å²) in [5.74, 6) is -1.12. The molecule has 0 radical (unpaired) electrons. The van der Waals surface area contributed by atoms with E-state index in [1.807, 2.05) is 13.8 Å². The van der Waals surface area contributed by atoms with E-state index in [1.165, 1.54) is 24.7 Å². The summed E-state index contributed by atoms with van der Waals surface area (Å²) in [7, 11) is 1.42. The molecule has 0 aliphatic rings. The molecule has 0 fully saturated rings. The summed E-state index contributed by atoms with van der Waals surface area (Å²) >= 11 is 0. The van der Waals surface area contributed by atoms with Crippen LogP contribution >= 0.6 is 0 Å². The number of alkyl carbamates (subject to hydrolysis) is 1. The maximum Gasteiger partial charge on any atom is 0.414 e. The van der Waals surface area contributed by atoms with Gasteiger partial charge < -0.3 is 14.6 Å². The van der Waals surface area contributed by atoms with Crippen LogP contribution in [0.5, 0.6) is 11.5 Å². The number of hydrogen-bond donors (Lipinski definition) is 4. The largest absolute Gasteiger partial charge is 0.504 e. The van der Waals surface area contributed by atoms with Crippen LogP contribution < -0.4 is 15.5 Å². The first kappa shape index (κ1) is 25.4. The summed E-state index contributed by atoms with van der Waals surface area (Å²) in [4.78, 5) is 36.1. The molecule has 33 heavy (non-hydrogen) atoms. The van der Waals surface area contributed by atoms with Gasteiger partial charge in [0, 0.05) is 17.1 Å². The van der Waals surface area contributed by atoms with Crippen molar-refractivity contribution in [2.75, 3.05) is 7.11 Å². The van der Waals surface area contributed by atoms with Crippen LogP contribution in [0, 0.1) is 5.41 Å². The van der Waals surface area contributed by atoms with E-state index < -0.39 is 29.4 Å². The smallest absolute Gasteiger partial charge is 0.414 e. The van der Waals surface area contributed by atoms with Crippen LogP contribution in [0.15, 0.2) is 60.7 Å². The third kappa shape index (κ3) is 7.36. The number of carbonyl (C=O) groups excluding carboxylic acids is 3. The van der Waals surface area contributed by atoms with Gasteiger partial charge in [-0.2, -0.15) is 0 Å². The highest BCUT2D eigenvalue weighted by atomic mass is 16.6. The van der Waals surface area contributed by atoms with Gasteiger partial charge in [-0.25, -0.2) is 10.3 Å². The number of allylic oxidation sites excluding steroid dienone is 1. The van der Waals surface area contributed by atoms with Gasteiger partial charge >= 0.3 is 6.09 Å². The highest BCUT2D eigenvalue weighted by Crippen LogP contribution is 2.42. The van der Waals surface area contributed by atoms with E-state index >= 15 is 0 Å². The predicted octanol–water partition coefficient (Wildman–Crippen LogP) is 3.88. The summed E-state index contributed by atoms with van der Waals surface area (Å²) in [6.07, 6.45) is 1.89. The fraction of sp³-hybridized carbons (Fsp3) is 0.292. The SMILES string of the molecule is COc1ccc([C@H](OC(=O)NC(=O)c2ccccc2)C(C)(C)CC/C=C/C(=O)NO)cc1O. The lowest BCUT2D eigenvalue weighted by Crippen LogP contribution is -2.35. The number of carbonyl (C=O) groups is 3. The standard InChI is InChI=1S/C24H28N2O7/c1-24(2,14-8-7-11-20(28)26-31)21(17-12-13-19(32-3)18(27)15-17)33-23(30)25-22(29)16-9-5-4-6-10-16/h4-7,9-13,15,21,27,31H,8,14H2,1-3H3,(H,26,28)(H,25,29,30)/b11-7+/t21-/m0/s1. The van der Waals surface area contributed by atoms with Gasteiger partial charge in [-0.1, -0.05) is 44.2 Å². The lowest BCUT2D eigenvalue weighted by atomic mass is 9.78. The molecule has 0 aliphatic carbocycles. The zero-order valence-corrected chi connectivity index (χ0v) is 18.7. The minimum atomic E-state index is -0.938. The van der Waals surface area contributed by atoms with E-state index in [0.29, 0.717) is 24.0 Å². The fourth-order valence-electron chi connectivity index (χ4n) is 3.25.